The number of rotatable bonds is 12. The van der Waals surface area contributed by atoms with Crippen molar-refractivity contribution in [3.63, 3.8) is 0 Å². The van der Waals surface area contributed by atoms with E-state index in [9.17, 15) is 0 Å². The number of aryl methyl sites for hydroxylation is 6. The molecule has 0 amide bonds. The molecule has 0 atom stereocenters. The van der Waals surface area contributed by atoms with Crippen molar-refractivity contribution in [3.05, 3.63) is 252 Å². The largest absolute Gasteiger partial charge is 0.310 e. The highest BCUT2D eigenvalue weighted by atomic mass is 15.2. The Morgan fingerprint density at radius 2 is 0.328 bits per heavy atom. The predicted molar refractivity (Wildman–Crippen MR) is 274 cm³/mol. The van der Waals surface area contributed by atoms with E-state index in [-0.39, 0.29) is 0 Å². The first-order valence-electron chi connectivity index (χ1n) is 22.1. The molecule has 9 aromatic carbocycles. The standard InChI is InChI=1S/C60H54N4/c1-43-40-58(46(4)37-55(43)61(49-25-13-7-14-26-49)50-27-15-8-16-28-50)64(59-41-44(2)56(38-47(59)5)62(51-29-17-9-18-30-51)52-31-19-10-20-32-52)60-42-45(3)57(39-48(60)6)63(53-33-21-11-22-34-53)54-35-23-12-24-36-54/h7-42H,1-6H3. The van der Waals surface area contributed by atoms with Gasteiger partial charge in [-0.1, -0.05) is 109 Å². The van der Waals surface area contributed by atoms with Gasteiger partial charge < -0.3 is 19.6 Å². The Morgan fingerprint density at radius 1 is 0.188 bits per heavy atom. The molecule has 0 saturated carbocycles. The number of hydrogen-bond acceptors (Lipinski definition) is 4. The summed E-state index contributed by atoms with van der Waals surface area (Å²) in [7, 11) is 0. The summed E-state index contributed by atoms with van der Waals surface area (Å²) in [6, 6.07) is 78.3. The molecule has 0 radical (unpaired) electrons. The molecule has 4 nitrogen and oxygen atoms in total. The lowest BCUT2D eigenvalue weighted by atomic mass is 9.98. The summed E-state index contributed by atoms with van der Waals surface area (Å²) in [5.41, 5.74) is 20.6. The van der Waals surface area contributed by atoms with Crippen LogP contribution in [0.2, 0.25) is 0 Å². The lowest BCUT2D eigenvalue weighted by Crippen LogP contribution is -2.18. The van der Waals surface area contributed by atoms with Crippen LogP contribution in [0, 0.1) is 41.5 Å². The Hall–Kier alpha value is -7.82. The quantitative estimate of drug-likeness (QED) is 0.122. The molecule has 64 heavy (non-hydrogen) atoms. The number of benzene rings is 9. The summed E-state index contributed by atoms with van der Waals surface area (Å²) in [5.74, 6) is 0. The lowest BCUT2D eigenvalue weighted by Gasteiger charge is -2.35. The fourth-order valence-electron chi connectivity index (χ4n) is 8.94. The zero-order valence-electron chi connectivity index (χ0n) is 37.6. The lowest BCUT2D eigenvalue weighted by molar-refractivity contribution is 1.15. The molecule has 0 fully saturated rings. The number of para-hydroxylation sites is 6. The molecule has 0 spiro atoms. The molecule has 9 rings (SSSR count). The number of nitrogens with zero attached hydrogens (tertiary/aromatic N) is 4. The second kappa shape index (κ2) is 18.3. The van der Waals surface area contributed by atoms with Crippen LogP contribution >= 0.6 is 0 Å². The van der Waals surface area contributed by atoms with Gasteiger partial charge in [-0.05, 0) is 184 Å². The Morgan fingerprint density at radius 3 is 0.484 bits per heavy atom. The van der Waals surface area contributed by atoms with Crippen molar-refractivity contribution >= 4 is 68.2 Å². The molecule has 4 heteroatoms. The van der Waals surface area contributed by atoms with Gasteiger partial charge in [-0.15, -0.1) is 0 Å². The highest BCUT2D eigenvalue weighted by molar-refractivity contribution is 5.90. The Labute approximate surface area is 379 Å². The first-order valence-corrected chi connectivity index (χ1v) is 22.1. The van der Waals surface area contributed by atoms with Crippen LogP contribution < -0.4 is 19.6 Å². The van der Waals surface area contributed by atoms with Crippen molar-refractivity contribution in [1.82, 2.24) is 0 Å². The van der Waals surface area contributed by atoms with Crippen LogP contribution in [0.25, 0.3) is 0 Å². The van der Waals surface area contributed by atoms with Gasteiger partial charge in [0.25, 0.3) is 0 Å². The average Bonchev–Trinajstić information content (AvgIpc) is 3.33. The summed E-state index contributed by atoms with van der Waals surface area (Å²) in [5, 5.41) is 0. The van der Waals surface area contributed by atoms with Gasteiger partial charge in [-0.3, -0.25) is 0 Å². The highest BCUT2D eigenvalue weighted by Gasteiger charge is 2.26. The number of anilines is 12. The normalized spacial score (nSPS) is 11.0. The summed E-state index contributed by atoms with van der Waals surface area (Å²) < 4.78 is 0. The first-order chi connectivity index (χ1) is 31.3. The van der Waals surface area contributed by atoms with Crippen LogP contribution in [0.4, 0.5) is 68.2 Å². The smallest absolute Gasteiger partial charge is 0.0495 e. The summed E-state index contributed by atoms with van der Waals surface area (Å²) in [6.07, 6.45) is 0. The summed E-state index contributed by atoms with van der Waals surface area (Å²) in [6.45, 7) is 13.5. The molecule has 0 unspecified atom stereocenters. The van der Waals surface area contributed by atoms with Gasteiger partial charge in [-0.2, -0.15) is 0 Å². The van der Waals surface area contributed by atoms with Gasteiger partial charge in [0.1, 0.15) is 0 Å². The Kier molecular flexibility index (Phi) is 11.8. The van der Waals surface area contributed by atoms with E-state index in [0.717, 1.165) is 68.2 Å². The fourth-order valence-corrected chi connectivity index (χ4v) is 8.94. The molecular weight excluding hydrogens is 777 g/mol. The average molecular weight is 831 g/mol. The molecule has 0 aliphatic rings. The van der Waals surface area contributed by atoms with E-state index in [4.69, 9.17) is 0 Å². The maximum atomic E-state index is 2.50. The van der Waals surface area contributed by atoms with E-state index in [1.54, 1.807) is 0 Å². The Bertz CT molecular complexity index is 2540. The molecule has 0 N–H and O–H groups in total. The van der Waals surface area contributed by atoms with Crippen molar-refractivity contribution in [2.24, 2.45) is 0 Å². The zero-order valence-corrected chi connectivity index (χ0v) is 37.6. The minimum absolute atomic E-state index is 1.12. The molecule has 0 saturated heterocycles. The van der Waals surface area contributed by atoms with Crippen molar-refractivity contribution in [3.8, 4) is 0 Å². The van der Waals surface area contributed by atoms with Crippen LogP contribution in [-0.2, 0) is 0 Å². The number of hydrogen-bond donors (Lipinski definition) is 0. The summed E-state index contributed by atoms with van der Waals surface area (Å²) >= 11 is 0. The van der Waals surface area contributed by atoms with Gasteiger partial charge in [0.15, 0.2) is 0 Å². The van der Waals surface area contributed by atoms with E-state index in [1.165, 1.54) is 33.4 Å². The third kappa shape index (κ3) is 8.26. The van der Waals surface area contributed by atoms with Gasteiger partial charge in [0.2, 0.25) is 0 Å². The fraction of sp³-hybridized carbons (Fsp3) is 0.100. The van der Waals surface area contributed by atoms with Gasteiger partial charge in [0, 0.05) is 68.2 Å². The van der Waals surface area contributed by atoms with Crippen molar-refractivity contribution in [2.75, 3.05) is 19.6 Å². The van der Waals surface area contributed by atoms with Crippen molar-refractivity contribution < 1.29 is 0 Å². The monoisotopic (exact) mass is 830 g/mol. The van der Waals surface area contributed by atoms with E-state index >= 15 is 0 Å². The molecule has 0 aromatic heterocycles. The van der Waals surface area contributed by atoms with Crippen LogP contribution in [0.15, 0.2) is 218 Å². The molecule has 0 bridgehead atoms. The van der Waals surface area contributed by atoms with E-state index in [1.807, 2.05) is 0 Å². The van der Waals surface area contributed by atoms with E-state index in [2.05, 4.69) is 280 Å². The minimum Gasteiger partial charge on any atom is -0.310 e. The van der Waals surface area contributed by atoms with Crippen molar-refractivity contribution in [2.45, 2.75) is 41.5 Å². The maximum absolute atomic E-state index is 2.50. The minimum atomic E-state index is 1.12. The SMILES string of the molecule is Cc1cc(N(c2cc(C)c(N(c3ccccc3)c3ccccc3)cc2C)c2cc(C)c(N(c3ccccc3)c3ccccc3)cc2C)c(C)cc1N(c1ccccc1)c1ccccc1. The predicted octanol–water partition coefficient (Wildman–Crippen LogP) is 17.4. The van der Waals surface area contributed by atoms with E-state index in [0.29, 0.717) is 0 Å². The third-order valence-electron chi connectivity index (χ3n) is 12.1. The Balaban J connectivity index is 1.25. The van der Waals surface area contributed by atoms with Crippen LogP contribution in [0.1, 0.15) is 33.4 Å². The topological polar surface area (TPSA) is 13.0 Å². The summed E-state index contributed by atoms with van der Waals surface area (Å²) in [4.78, 5) is 9.61. The van der Waals surface area contributed by atoms with E-state index < -0.39 is 0 Å². The maximum Gasteiger partial charge on any atom is 0.0495 e. The molecule has 9 aromatic rings. The molecular formula is C60H54N4. The van der Waals surface area contributed by atoms with Gasteiger partial charge >= 0.3 is 0 Å². The van der Waals surface area contributed by atoms with Crippen LogP contribution in [-0.4, -0.2) is 0 Å². The third-order valence-corrected chi connectivity index (χ3v) is 12.1. The van der Waals surface area contributed by atoms with Crippen LogP contribution in [0.5, 0.6) is 0 Å². The van der Waals surface area contributed by atoms with Gasteiger partial charge in [0.05, 0.1) is 0 Å². The van der Waals surface area contributed by atoms with Crippen LogP contribution in [0.3, 0.4) is 0 Å². The first kappa shape index (κ1) is 41.5. The molecule has 0 aliphatic carbocycles. The molecule has 0 heterocycles. The van der Waals surface area contributed by atoms with Crippen molar-refractivity contribution in [1.29, 1.82) is 0 Å². The second-order valence-electron chi connectivity index (χ2n) is 16.6. The molecule has 0 aliphatic heterocycles. The van der Waals surface area contributed by atoms with Gasteiger partial charge in [-0.25, -0.2) is 0 Å². The molecule has 314 valence electrons. The highest BCUT2D eigenvalue weighted by Crippen LogP contribution is 2.48. The zero-order chi connectivity index (χ0) is 44.2. The second-order valence-corrected chi connectivity index (χ2v) is 16.6.